The number of carbonyl (C=O) groups is 2. The molecule has 0 saturated carbocycles. The van der Waals surface area contributed by atoms with E-state index in [2.05, 4.69) is 15.6 Å². The van der Waals surface area contributed by atoms with Crippen molar-refractivity contribution in [2.24, 2.45) is 5.84 Å². The summed E-state index contributed by atoms with van der Waals surface area (Å²) in [6.45, 7) is 1.31. The molecule has 2 atom stereocenters. The number of rotatable bonds is 5. The molecule has 0 spiro atoms. The molecule has 0 radical (unpaired) electrons. The van der Waals surface area contributed by atoms with Crippen LogP contribution < -0.4 is 16.6 Å². The minimum absolute atomic E-state index is 0.00692. The normalized spacial score (nSPS) is 20.0. The van der Waals surface area contributed by atoms with E-state index in [1.54, 1.807) is 7.05 Å². The molecule has 1 aliphatic rings. The molecule has 6 heteroatoms. The van der Waals surface area contributed by atoms with Gasteiger partial charge in [0.25, 0.3) is 0 Å². The van der Waals surface area contributed by atoms with Crippen LogP contribution >= 0.6 is 0 Å². The van der Waals surface area contributed by atoms with Crippen molar-refractivity contribution in [2.75, 3.05) is 20.1 Å². The number of carbonyl (C=O) groups excluding carboxylic acids is 2. The molecule has 2 rings (SSSR count). The smallest absolute Gasteiger partial charge is 0.242 e. The van der Waals surface area contributed by atoms with E-state index < -0.39 is 0 Å². The zero-order chi connectivity index (χ0) is 15.2. The van der Waals surface area contributed by atoms with Gasteiger partial charge in [0.15, 0.2) is 0 Å². The van der Waals surface area contributed by atoms with Gasteiger partial charge in [-0.2, -0.15) is 0 Å². The summed E-state index contributed by atoms with van der Waals surface area (Å²) in [5, 5.41) is 2.69. The molecule has 4 N–H and O–H groups in total. The highest BCUT2D eigenvalue weighted by Gasteiger charge is 2.33. The molecule has 1 fully saturated rings. The number of hydrogen-bond donors (Lipinski definition) is 3. The quantitative estimate of drug-likeness (QED) is 0.404. The van der Waals surface area contributed by atoms with Crippen LogP contribution in [0.5, 0.6) is 0 Å². The molecule has 0 bridgehead atoms. The van der Waals surface area contributed by atoms with Gasteiger partial charge in [0.1, 0.15) is 0 Å². The Morgan fingerprint density at radius 1 is 1.38 bits per heavy atom. The summed E-state index contributed by atoms with van der Waals surface area (Å²) in [6, 6.07) is 9.35. The molecule has 114 valence electrons. The number of hydrazine groups is 1. The van der Waals surface area contributed by atoms with Crippen molar-refractivity contribution < 1.29 is 9.59 Å². The van der Waals surface area contributed by atoms with Crippen LogP contribution in [0.2, 0.25) is 0 Å². The van der Waals surface area contributed by atoms with Crippen LogP contribution in [0.15, 0.2) is 30.3 Å². The second-order valence-electron chi connectivity index (χ2n) is 5.24. The second kappa shape index (κ2) is 7.19. The lowest BCUT2D eigenvalue weighted by Gasteiger charge is -2.27. The summed E-state index contributed by atoms with van der Waals surface area (Å²) in [5.74, 6) is 4.71. The largest absolute Gasteiger partial charge is 0.358 e. The molecule has 1 saturated heterocycles. The van der Waals surface area contributed by atoms with E-state index in [0.717, 1.165) is 24.9 Å². The van der Waals surface area contributed by atoms with Gasteiger partial charge in [-0.25, -0.2) is 5.84 Å². The Balaban J connectivity index is 2.15. The van der Waals surface area contributed by atoms with E-state index in [-0.39, 0.29) is 23.8 Å². The van der Waals surface area contributed by atoms with Gasteiger partial charge in [-0.1, -0.05) is 30.3 Å². The van der Waals surface area contributed by atoms with Gasteiger partial charge >= 0.3 is 0 Å². The lowest BCUT2D eigenvalue weighted by molar-refractivity contribution is -0.127. The Kier molecular flexibility index (Phi) is 5.30. The van der Waals surface area contributed by atoms with E-state index in [1.807, 2.05) is 30.3 Å². The number of nitrogens with two attached hydrogens (primary N) is 1. The number of nitrogens with zero attached hydrogens (tertiary/aromatic N) is 1. The summed E-state index contributed by atoms with van der Waals surface area (Å²) in [6.07, 6.45) is 1.79. The van der Waals surface area contributed by atoms with Crippen molar-refractivity contribution in [3.05, 3.63) is 35.9 Å². The van der Waals surface area contributed by atoms with Gasteiger partial charge in [0.05, 0.1) is 12.0 Å². The summed E-state index contributed by atoms with van der Waals surface area (Å²) in [4.78, 5) is 26.0. The first-order chi connectivity index (χ1) is 10.2. The van der Waals surface area contributed by atoms with Crippen LogP contribution in [0.3, 0.4) is 0 Å². The number of likely N-dealkylation sites (N-methyl/N-ethyl adjacent to an activating group) is 1. The zero-order valence-electron chi connectivity index (χ0n) is 12.2. The summed E-state index contributed by atoms with van der Waals surface area (Å²) >= 11 is 0. The van der Waals surface area contributed by atoms with Crippen LogP contribution in [-0.4, -0.2) is 42.9 Å². The third-order valence-corrected chi connectivity index (χ3v) is 3.99. The maximum atomic E-state index is 12.1. The van der Waals surface area contributed by atoms with E-state index >= 15 is 0 Å². The van der Waals surface area contributed by atoms with Crippen molar-refractivity contribution in [3.8, 4) is 0 Å². The molecule has 1 aromatic rings. The molecule has 2 unspecified atom stereocenters. The first kappa shape index (κ1) is 15.5. The predicted molar refractivity (Wildman–Crippen MR) is 80.2 cm³/mol. The number of likely N-dealkylation sites (tertiary alicyclic amines) is 1. The van der Waals surface area contributed by atoms with E-state index in [9.17, 15) is 9.59 Å². The van der Waals surface area contributed by atoms with E-state index in [4.69, 9.17) is 5.84 Å². The molecular weight excluding hydrogens is 268 g/mol. The SMILES string of the molecule is CNC(=O)C1CCCN1CC(C(=O)NN)c1ccccc1. The van der Waals surface area contributed by atoms with Crippen LogP contribution in [0.1, 0.15) is 24.3 Å². The van der Waals surface area contributed by atoms with Crippen LogP contribution in [-0.2, 0) is 9.59 Å². The highest BCUT2D eigenvalue weighted by Crippen LogP contribution is 2.23. The average Bonchev–Trinajstić information content (AvgIpc) is 3.00. The third kappa shape index (κ3) is 3.59. The Labute approximate surface area is 124 Å². The number of hydrogen-bond acceptors (Lipinski definition) is 4. The zero-order valence-corrected chi connectivity index (χ0v) is 12.2. The van der Waals surface area contributed by atoms with E-state index in [1.165, 1.54) is 0 Å². The Bertz CT molecular complexity index is 492. The molecule has 0 aromatic heterocycles. The first-order valence-corrected chi connectivity index (χ1v) is 7.18. The second-order valence-corrected chi connectivity index (χ2v) is 5.24. The third-order valence-electron chi connectivity index (χ3n) is 3.99. The van der Waals surface area contributed by atoms with Gasteiger partial charge in [-0.15, -0.1) is 0 Å². The molecule has 6 nitrogen and oxygen atoms in total. The maximum absolute atomic E-state index is 12.1. The number of benzene rings is 1. The van der Waals surface area contributed by atoms with Crippen molar-refractivity contribution >= 4 is 11.8 Å². The number of nitrogens with one attached hydrogen (secondary N) is 2. The average molecular weight is 290 g/mol. The van der Waals surface area contributed by atoms with Crippen molar-refractivity contribution in [1.29, 1.82) is 0 Å². The molecule has 21 heavy (non-hydrogen) atoms. The Morgan fingerprint density at radius 3 is 2.71 bits per heavy atom. The highest BCUT2D eigenvalue weighted by molar-refractivity contribution is 5.84. The number of amides is 2. The minimum Gasteiger partial charge on any atom is -0.358 e. The minimum atomic E-state index is -0.374. The lowest BCUT2D eigenvalue weighted by Crippen LogP contribution is -2.46. The van der Waals surface area contributed by atoms with Crippen LogP contribution in [0.4, 0.5) is 0 Å². The van der Waals surface area contributed by atoms with E-state index in [0.29, 0.717) is 6.54 Å². The fourth-order valence-corrected chi connectivity index (χ4v) is 2.87. The fraction of sp³-hybridized carbons (Fsp3) is 0.467. The van der Waals surface area contributed by atoms with Gasteiger partial charge in [-0.05, 0) is 24.9 Å². The molecule has 1 heterocycles. The summed E-state index contributed by atoms with van der Waals surface area (Å²) in [7, 11) is 1.64. The fourth-order valence-electron chi connectivity index (χ4n) is 2.87. The first-order valence-electron chi connectivity index (χ1n) is 7.18. The van der Waals surface area contributed by atoms with Crippen molar-refractivity contribution in [1.82, 2.24) is 15.6 Å². The standard InChI is InChI=1S/C15H22N4O2/c1-17-15(21)13-8-5-9-19(13)10-12(14(20)18-16)11-6-3-2-4-7-11/h2-4,6-7,12-13H,5,8-10,16H2,1H3,(H,17,21)(H,18,20). The Hall–Kier alpha value is -1.92. The van der Waals surface area contributed by atoms with Crippen LogP contribution in [0.25, 0.3) is 0 Å². The summed E-state index contributed by atoms with van der Waals surface area (Å²) < 4.78 is 0. The van der Waals surface area contributed by atoms with Crippen molar-refractivity contribution in [2.45, 2.75) is 24.8 Å². The van der Waals surface area contributed by atoms with Crippen molar-refractivity contribution in [3.63, 3.8) is 0 Å². The highest BCUT2D eigenvalue weighted by atomic mass is 16.2. The molecule has 1 aromatic carbocycles. The molecule has 2 amide bonds. The monoisotopic (exact) mass is 290 g/mol. The maximum Gasteiger partial charge on any atom is 0.242 e. The van der Waals surface area contributed by atoms with Gasteiger partial charge in [0, 0.05) is 13.6 Å². The van der Waals surface area contributed by atoms with Crippen LogP contribution in [0, 0.1) is 0 Å². The predicted octanol–water partition coefficient (Wildman–Crippen LogP) is -0.0295. The lowest BCUT2D eigenvalue weighted by atomic mass is 9.97. The van der Waals surface area contributed by atoms with Gasteiger partial charge in [-0.3, -0.25) is 19.9 Å². The molecule has 0 aliphatic carbocycles. The topological polar surface area (TPSA) is 87.5 Å². The molecule has 1 aliphatic heterocycles. The van der Waals surface area contributed by atoms with Gasteiger partial charge < -0.3 is 5.32 Å². The summed E-state index contributed by atoms with van der Waals surface area (Å²) in [5.41, 5.74) is 3.13. The Morgan fingerprint density at radius 2 is 2.10 bits per heavy atom. The van der Waals surface area contributed by atoms with Gasteiger partial charge in [0.2, 0.25) is 11.8 Å². The molecular formula is C15H22N4O2.